The summed E-state index contributed by atoms with van der Waals surface area (Å²) in [6.45, 7) is 4.60. The minimum Gasteiger partial charge on any atom is -0.300 e. The molecule has 0 fully saturated rings. The number of unbranched alkanes of at least 4 members (excludes halogenated alkanes) is 33. The molecule has 0 rings (SSSR count). The van der Waals surface area contributed by atoms with Gasteiger partial charge >= 0.3 is 0 Å². The van der Waals surface area contributed by atoms with Crippen LogP contribution in [0.4, 0.5) is 0 Å². The Hall–Kier alpha value is -0.330. The lowest BCUT2D eigenvalue weighted by atomic mass is 10.0. The van der Waals surface area contributed by atoms with Gasteiger partial charge in [-0.25, -0.2) is 0 Å². The fraction of sp³-hybridized carbons (Fsp3) is 0.975. The van der Waals surface area contributed by atoms with Crippen molar-refractivity contribution in [2.75, 3.05) is 0 Å². The molecule has 0 bridgehead atoms. The van der Waals surface area contributed by atoms with Gasteiger partial charge in [0.25, 0.3) is 0 Å². The molecule has 0 saturated carbocycles. The minimum atomic E-state index is 0.529. The van der Waals surface area contributed by atoms with Gasteiger partial charge in [-0.2, -0.15) is 0 Å². The van der Waals surface area contributed by atoms with Crippen LogP contribution in [-0.2, 0) is 4.79 Å². The standard InChI is InChI=1S/C40H80O/c1-3-5-7-9-11-13-15-17-19-20-21-22-23-24-25-27-29-31-33-35-37-39-40(41)38-36-34-32-30-28-26-18-16-14-12-10-8-6-4-2/h3-39H2,1-2H3. The first-order chi connectivity index (χ1) is 20.3. The molecule has 0 amide bonds. The number of carbonyl (C=O) groups is 1. The van der Waals surface area contributed by atoms with Crippen LogP contribution >= 0.6 is 0 Å². The normalized spacial score (nSPS) is 11.5. The zero-order valence-corrected chi connectivity index (χ0v) is 29.1. The van der Waals surface area contributed by atoms with Crippen molar-refractivity contribution in [2.24, 2.45) is 0 Å². The monoisotopic (exact) mass is 577 g/mol. The van der Waals surface area contributed by atoms with Crippen molar-refractivity contribution in [3.8, 4) is 0 Å². The molecule has 0 aliphatic heterocycles. The Morgan fingerprint density at radius 1 is 0.244 bits per heavy atom. The molecule has 1 heteroatoms. The summed E-state index contributed by atoms with van der Waals surface area (Å²) in [5.41, 5.74) is 0. The maximum Gasteiger partial charge on any atom is 0.132 e. The zero-order chi connectivity index (χ0) is 29.7. The molecule has 0 aromatic carbocycles. The summed E-state index contributed by atoms with van der Waals surface area (Å²) in [5, 5.41) is 0. The number of ketones is 1. The minimum absolute atomic E-state index is 0.529. The van der Waals surface area contributed by atoms with Crippen LogP contribution in [0.5, 0.6) is 0 Å². The van der Waals surface area contributed by atoms with E-state index in [1.807, 2.05) is 0 Å². The summed E-state index contributed by atoms with van der Waals surface area (Å²) in [6.07, 6.45) is 50.9. The fourth-order valence-electron chi connectivity index (χ4n) is 6.40. The molecular weight excluding hydrogens is 496 g/mol. The van der Waals surface area contributed by atoms with Crippen LogP contribution in [0, 0.1) is 0 Å². The van der Waals surface area contributed by atoms with Gasteiger partial charge in [-0.3, -0.25) is 4.79 Å². The van der Waals surface area contributed by atoms with Crippen LogP contribution in [0.2, 0.25) is 0 Å². The highest BCUT2D eigenvalue weighted by molar-refractivity contribution is 5.78. The second-order valence-electron chi connectivity index (χ2n) is 13.7. The van der Waals surface area contributed by atoms with Crippen molar-refractivity contribution in [3.63, 3.8) is 0 Å². The van der Waals surface area contributed by atoms with Crippen molar-refractivity contribution in [1.82, 2.24) is 0 Å². The number of carbonyl (C=O) groups excluding carboxylic acids is 1. The van der Waals surface area contributed by atoms with E-state index in [9.17, 15) is 4.79 Å². The maximum absolute atomic E-state index is 12.2. The molecule has 0 spiro atoms. The van der Waals surface area contributed by atoms with Crippen molar-refractivity contribution in [1.29, 1.82) is 0 Å². The Labute approximate surface area is 261 Å². The predicted molar refractivity (Wildman–Crippen MR) is 187 cm³/mol. The van der Waals surface area contributed by atoms with Crippen LogP contribution in [-0.4, -0.2) is 5.78 Å². The van der Waals surface area contributed by atoms with Crippen LogP contribution in [0.25, 0.3) is 0 Å². The second-order valence-corrected chi connectivity index (χ2v) is 13.7. The number of hydrogen-bond donors (Lipinski definition) is 0. The van der Waals surface area contributed by atoms with Crippen molar-refractivity contribution < 1.29 is 4.79 Å². The highest BCUT2D eigenvalue weighted by Crippen LogP contribution is 2.17. The molecule has 246 valence electrons. The average molecular weight is 577 g/mol. The summed E-state index contributed by atoms with van der Waals surface area (Å²) < 4.78 is 0. The third-order valence-corrected chi connectivity index (χ3v) is 9.37. The molecule has 1 nitrogen and oxygen atoms in total. The smallest absolute Gasteiger partial charge is 0.132 e. The van der Waals surface area contributed by atoms with Gasteiger partial charge in [-0.15, -0.1) is 0 Å². The first-order valence-corrected chi connectivity index (χ1v) is 19.8. The lowest BCUT2D eigenvalue weighted by molar-refractivity contribution is -0.119. The quantitative estimate of drug-likeness (QED) is 0.0672. The number of hydrogen-bond acceptors (Lipinski definition) is 1. The Bertz CT molecular complexity index is 469. The average Bonchev–Trinajstić information content (AvgIpc) is 2.98. The van der Waals surface area contributed by atoms with Gasteiger partial charge in [-0.1, -0.05) is 226 Å². The summed E-state index contributed by atoms with van der Waals surface area (Å²) in [7, 11) is 0. The third kappa shape index (κ3) is 37.6. The Balaban J connectivity index is 3.13. The molecule has 0 aromatic heterocycles. The van der Waals surface area contributed by atoms with E-state index in [1.165, 1.54) is 212 Å². The Morgan fingerprint density at radius 2 is 0.390 bits per heavy atom. The van der Waals surface area contributed by atoms with E-state index in [0.29, 0.717) is 5.78 Å². The first-order valence-electron chi connectivity index (χ1n) is 19.8. The van der Waals surface area contributed by atoms with Crippen LogP contribution in [0.1, 0.15) is 251 Å². The van der Waals surface area contributed by atoms with Crippen LogP contribution in [0.15, 0.2) is 0 Å². The molecule has 0 heterocycles. The van der Waals surface area contributed by atoms with E-state index in [4.69, 9.17) is 0 Å². The second kappa shape index (κ2) is 37.7. The summed E-state index contributed by atoms with van der Waals surface area (Å²) >= 11 is 0. The molecule has 41 heavy (non-hydrogen) atoms. The lowest BCUT2D eigenvalue weighted by Crippen LogP contribution is -1.97. The van der Waals surface area contributed by atoms with Gasteiger partial charge in [-0.05, 0) is 12.8 Å². The number of Topliss-reactive ketones (excluding diaryl/α,β-unsaturated/α-hetero) is 1. The molecular formula is C40H80O. The molecule has 0 aromatic rings. The van der Waals surface area contributed by atoms with Gasteiger partial charge in [0.2, 0.25) is 0 Å². The van der Waals surface area contributed by atoms with E-state index >= 15 is 0 Å². The van der Waals surface area contributed by atoms with Crippen molar-refractivity contribution in [2.45, 2.75) is 251 Å². The van der Waals surface area contributed by atoms with Gasteiger partial charge in [0.15, 0.2) is 0 Å². The molecule has 0 radical (unpaired) electrons. The van der Waals surface area contributed by atoms with E-state index in [2.05, 4.69) is 13.8 Å². The van der Waals surface area contributed by atoms with Gasteiger partial charge in [0.05, 0.1) is 0 Å². The van der Waals surface area contributed by atoms with Crippen LogP contribution < -0.4 is 0 Å². The maximum atomic E-state index is 12.2. The predicted octanol–water partition coefficient (Wildman–Crippen LogP) is 15.0. The molecule has 0 unspecified atom stereocenters. The van der Waals surface area contributed by atoms with Gasteiger partial charge < -0.3 is 0 Å². The molecule has 0 N–H and O–H groups in total. The summed E-state index contributed by atoms with van der Waals surface area (Å²) in [6, 6.07) is 0. The molecule has 0 atom stereocenters. The Kier molecular flexibility index (Phi) is 37.4. The van der Waals surface area contributed by atoms with Crippen molar-refractivity contribution >= 4 is 5.78 Å². The summed E-state index contributed by atoms with van der Waals surface area (Å²) in [4.78, 5) is 12.2. The molecule has 0 aliphatic rings. The van der Waals surface area contributed by atoms with Gasteiger partial charge in [0.1, 0.15) is 5.78 Å². The zero-order valence-electron chi connectivity index (χ0n) is 29.1. The van der Waals surface area contributed by atoms with E-state index in [1.54, 1.807) is 0 Å². The number of rotatable bonds is 37. The third-order valence-electron chi connectivity index (χ3n) is 9.37. The SMILES string of the molecule is CCCCCCCCCCCCCCCCCCCCCCCC(=O)CCCCCCCCCCCCCCCC. The summed E-state index contributed by atoms with van der Waals surface area (Å²) in [5.74, 6) is 0.529. The molecule has 0 saturated heterocycles. The fourth-order valence-corrected chi connectivity index (χ4v) is 6.40. The molecule has 0 aliphatic carbocycles. The topological polar surface area (TPSA) is 17.1 Å². The Morgan fingerprint density at radius 3 is 0.561 bits per heavy atom. The lowest BCUT2D eigenvalue weighted by Gasteiger charge is -2.05. The van der Waals surface area contributed by atoms with Gasteiger partial charge in [0, 0.05) is 12.8 Å². The largest absolute Gasteiger partial charge is 0.300 e. The van der Waals surface area contributed by atoms with Crippen LogP contribution in [0.3, 0.4) is 0 Å². The first kappa shape index (κ1) is 40.7. The van der Waals surface area contributed by atoms with E-state index < -0.39 is 0 Å². The van der Waals surface area contributed by atoms with E-state index in [0.717, 1.165) is 25.7 Å². The highest BCUT2D eigenvalue weighted by atomic mass is 16.1. The highest BCUT2D eigenvalue weighted by Gasteiger charge is 2.02. The van der Waals surface area contributed by atoms with E-state index in [-0.39, 0.29) is 0 Å². The van der Waals surface area contributed by atoms with Crippen molar-refractivity contribution in [3.05, 3.63) is 0 Å².